The van der Waals surface area contributed by atoms with Gasteiger partial charge in [0, 0.05) is 30.3 Å². The highest BCUT2D eigenvalue weighted by atomic mass is 32.3. The summed E-state index contributed by atoms with van der Waals surface area (Å²) in [4.78, 5) is 28.3. The number of carbonyl (C=O) groups is 2. The number of rotatable bonds is 7. The van der Waals surface area contributed by atoms with Crippen LogP contribution in [0.3, 0.4) is 0 Å². The zero-order valence-electron chi connectivity index (χ0n) is 21.0. The molecule has 1 saturated heterocycles. The number of hydrogen-bond donors (Lipinski definition) is 5. The lowest BCUT2D eigenvalue weighted by atomic mass is 9.66. The van der Waals surface area contributed by atoms with Gasteiger partial charge in [0.05, 0.1) is 11.3 Å². The van der Waals surface area contributed by atoms with E-state index < -0.39 is 33.7 Å². The first-order valence-electron chi connectivity index (χ1n) is 11.7. The molecule has 0 spiro atoms. The first-order chi connectivity index (χ1) is 16.2. The van der Waals surface area contributed by atoms with Crippen molar-refractivity contribution in [3.63, 3.8) is 0 Å². The summed E-state index contributed by atoms with van der Waals surface area (Å²) in [7, 11) is -2.99. The molecule has 0 aromatic heterocycles. The molecule has 2 aromatic rings. The lowest BCUT2D eigenvalue weighted by Crippen LogP contribution is -2.60. The first-order valence-corrected chi connectivity index (χ1v) is 13.7. The van der Waals surface area contributed by atoms with Crippen molar-refractivity contribution in [1.29, 1.82) is 0 Å². The van der Waals surface area contributed by atoms with Crippen LogP contribution in [0.4, 0.5) is 5.69 Å². The van der Waals surface area contributed by atoms with Crippen molar-refractivity contribution >= 4 is 28.3 Å². The summed E-state index contributed by atoms with van der Waals surface area (Å²) in [6, 6.07) is 15.2. The SMILES string of the molecule is CC(C)[C@@H](NC(=O)c1cccc(NS(C)(O)O)c1)C(=O)N1CC[C@](O)(c2ccccc2)C(C)(C)C1. The number of benzene rings is 2. The monoisotopic (exact) mass is 503 g/mol. The highest BCUT2D eigenvalue weighted by molar-refractivity contribution is 8.24. The molecule has 8 nitrogen and oxygen atoms in total. The largest absolute Gasteiger partial charge is 0.384 e. The van der Waals surface area contributed by atoms with Gasteiger partial charge in [-0.2, -0.15) is 0 Å². The standard InChI is InChI=1S/C26H37N3O5S/c1-18(2)22(27-23(30)19-10-9-13-21(16-19)28-35(5,33)34)24(31)29-15-14-26(32,25(3,4)17-29)20-11-7-6-8-12-20/h6-13,16,18,22,28,32-34H,14-15,17H2,1-5H3,(H,27,30)/t22-,26+/m1/s1. The van der Waals surface area contributed by atoms with Crippen molar-refractivity contribution in [2.45, 2.75) is 45.8 Å². The van der Waals surface area contributed by atoms with Gasteiger partial charge in [0.1, 0.15) is 6.04 Å². The van der Waals surface area contributed by atoms with Crippen molar-refractivity contribution in [3.8, 4) is 0 Å². The number of aliphatic hydroxyl groups is 1. The molecule has 192 valence electrons. The fraction of sp³-hybridized carbons (Fsp3) is 0.462. The predicted octanol–water partition coefficient (Wildman–Crippen LogP) is 4.29. The molecule has 2 amide bonds. The smallest absolute Gasteiger partial charge is 0.252 e. The second-order valence-corrected chi connectivity index (χ2v) is 12.2. The third-order valence-electron chi connectivity index (χ3n) is 6.67. The zero-order valence-corrected chi connectivity index (χ0v) is 21.8. The highest BCUT2D eigenvalue weighted by Crippen LogP contribution is 2.46. The van der Waals surface area contributed by atoms with Crippen molar-refractivity contribution in [1.82, 2.24) is 10.2 Å². The van der Waals surface area contributed by atoms with Crippen LogP contribution in [0.1, 0.15) is 50.0 Å². The lowest BCUT2D eigenvalue weighted by Gasteiger charge is -2.51. The molecule has 5 N–H and O–H groups in total. The second kappa shape index (κ2) is 10.2. The van der Waals surface area contributed by atoms with E-state index in [1.54, 1.807) is 23.1 Å². The van der Waals surface area contributed by atoms with Crippen LogP contribution in [0.2, 0.25) is 0 Å². The molecule has 1 aliphatic rings. The first kappa shape index (κ1) is 27.0. The molecule has 9 heteroatoms. The minimum absolute atomic E-state index is 0.159. The molecule has 3 rings (SSSR count). The average molecular weight is 504 g/mol. The molecule has 0 bridgehead atoms. The Morgan fingerprint density at radius 2 is 1.71 bits per heavy atom. The van der Waals surface area contributed by atoms with Gasteiger partial charge in [0.15, 0.2) is 0 Å². The topological polar surface area (TPSA) is 122 Å². The Kier molecular flexibility index (Phi) is 7.86. The maximum absolute atomic E-state index is 13.6. The average Bonchev–Trinajstić information content (AvgIpc) is 2.78. The molecule has 0 radical (unpaired) electrons. The fourth-order valence-corrected chi connectivity index (χ4v) is 5.21. The molecule has 2 aromatic carbocycles. The summed E-state index contributed by atoms with van der Waals surface area (Å²) >= 11 is 0. The zero-order chi connectivity index (χ0) is 26.0. The third kappa shape index (κ3) is 6.16. The van der Waals surface area contributed by atoms with Gasteiger partial charge in [-0.15, -0.1) is 10.8 Å². The van der Waals surface area contributed by atoms with Gasteiger partial charge in [-0.25, -0.2) is 0 Å². The lowest BCUT2D eigenvalue weighted by molar-refractivity contribution is -0.155. The summed E-state index contributed by atoms with van der Waals surface area (Å²) in [5, 5.41) is 14.4. The van der Waals surface area contributed by atoms with E-state index in [0.29, 0.717) is 30.8 Å². The van der Waals surface area contributed by atoms with Crippen LogP contribution in [0.15, 0.2) is 54.6 Å². The van der Waals surface area contributed by atoms with Gasteiger partial charge in [-0.3, -0.25) is 23.4 Å². The van der Waals surface area contributed by atoms with Crippen LogP contribution in [0.25, 0.3) is 0 Å². The van der Waals surface area contributed by atoms with Crippen LogP contribution in [-0.2, 0) is 10.4 Å². The van der Waals surface area contributed by atoms with E-state index in [9.17, 15) is 23.8 Å². The van der Waals surface area contributed by atoms with Crippen LogP contribution in [-0.4, -0.2) is 56.3 Å². The van der Waals surface area contributed by atoms with E-state index in [1.807, 2.05) is 58.0 Å². The number of likely N-dealkylation sites (tertiary alicyclic amines) is 1. The molecule has 1 heterocycles. The summed E-state index contributed by atoms with van der Waals surface area (Å²) in [6.07, 6.45) is 1.65. The quantitative estimate of drug-likeness (QED) is 0.384. The van der Waals surface area contributed by atoms with Gasteiger partial charge in [-0.1, -0.05) is 64.1 Å². The molecular weight excluding hydrogens is 466 g/mol. The number of amides is 2. The Morgan fingerprint density at radius 1 is 1.06 bits per heavy atom. The second-order valence-electron chi connectivity index (χ2n) is 10.3. The van der Waals surface area contributed by atoms with E-state index in [1.165, 1.54) is 12.3 Å². The predicted molar refractivity (Wildman–Crippen MR) is 140 cm³/mol. The number of piperidine rings is 1. The van der Waals surface area contributed by atoms with Gasteiger partial charge >= 0.3 is 0 Å². The summed E-state index contributed by atoms with van der Waals surface area (Å²) in [5.74, 6) is -0.771. The molecule has 1 aliphatic heterocycles. The van der Waals surface area contributed by atoms with E-state index in [0.717, 1.165) is 5.56 Å². The third-order valence-corrected chi connectivity index (χ3v) is 7.29. The minimum atomic E-state index is -2.99. The summed E-state index contributed by atoms with van der Waals surface area (Å²) in [6.45, 7) is 8.40. The minimum Gasteiger partial charge on any atom is -0.384 e. The Hall–Kier alpha value is -2.59. The van der Waals surface area contributed by atoms with Crippen LogP contribution in [0.5, 0.6) is 0 Å². The van der Waals surface area contributed by atoms with Crippen LogP contribution in [0, 0.1) is 11.3 Å². The van der Waals surface area contributed by atoms with Gasteiger partial charge in [0.25, 0.3) is 5.91 Å². The number of hydrogen-bond acceptors (Lipinski definition) is 6. The fourth-order valence-electron chi connectivity index (χ4n) is 4.64. The Labute approximate surface area is 209 Å². The normalized spacial score (nSPS) is 21.3. The van der Waals surface area contributed by atoms with Crippen LogP contribution >= 0.6 is 10.8 Å². The van der Waals surface area contributed by atoms with E-state index >= 15 is 0 Å². The number of anilines is 1. The Morgan fingerprint density at radius 3 is 2.29 bits per heavy atom. The molecular formula is C26H37N3O5S. The van der Waals surface area contributed by atoms with Crippen LogP contribution < -0.4 is 10.0 Å². The molecule has 0 aliphatic carbocycles. The summed E-state index contributed by atoms with van der Waals surface area (Å²) in [5.41, 5.74) is -0.134. The summed E-state index contributed by atoms with van der Waals surface area (Å²) < 4.78 is 21.9. The maximum Gasteiger partial charge on any atom is 0.252 e. The van der Waals surface area contributed by atoms with Gasteiger partial charge in [-0.05, 0) is 36.1 Å². The van der Waals surface area contributed by atoms with Gasteiger partial charge in [0.2, 0.25) is 5.91 Å². The van der Waals surface area contributed by atoms with Crippen molar-refractivity contribution in [2.75, 3.05) is 24.1 Å². The maximum atomic E-state index is 13.6. The molecule has 1 fully saturated rings. The Bertz CT molecular complexity index is 1050. The molecule has 35 heavy (non-hydrogen) atoms. The van der Waals surface area contributed by atoms with E-state index in [-0.39, 0.29) is 11.8 Å². The number of nitrogens with zero attached hydrogens (tertiary/aromatic N) is 1. The van der Waals surface area contributed by atoms with Crippen molar-refractivity contribution in [3.05, 3.63) is 65.7 Å². The van der Waals surface area contributed by atoms with E-state index in [4.69, 9.17) is 0 Å². The molecule has 0 unspecified atom stereocenters. The van der Waals surface area contributed by atoms with Gasteiger partial charge < -0.3 is 15.3 Å². The van der Waals surface area contributed by atoms with Crippen molar-refractivity contribution < 1.29 is 23.8 Å². The highest BCUT2D eigenvalue weighted by Gasteiger charge is 2.50. The van der Waals surface area contributed by atoms with Crippen molar-refractivity contribution in [2.24, 2.45) is 11.3 Å². The van der Waals surface area contributed by atoms with E-state index in [2.05, 4.69) is 10.0 Å². The Balaban J connectivity index is 1.75. The number of carbonyl (C=O) groups excluding carboxylic acids is 2. The molecule has 0 saturated carbocycles. The molecule has 2 atom stereocenters. The number of nitrogens with one attached hydrogen (secondary N) is 2.